The van der Waals surface area contributed by atoms with Crippen molar-refractivity contribution < 1.29 is 23.4 Å². The van der Waals surface area contributed by atoms with Crippen LogP contribution in [0.15, 0.2) is 57.7 Å². The molecule has 2 heterocycles. The summed E-state index contributed by atoms with van der Waals surface area (Å²) in [7, 11) is 0. The lowest BCUT2D eigenvalue weighted by molar-refractivity contribution is -0.184. The van der Waals surface area contributed by atoms with Crippen molar-refractivity contribution in [3.63, 3.8) is 0 Å². The highest BCUT2D eigenvalue weighted by atomic mass is 35.5. The molecule has 8 heteroatoms. The number of benzene rings is 2. The van der Waals surface area contributed by atoms with E-state index in [1.165, 1.54) is 0 Å². The van der Waals surface area contributed by atoms with Gasteiger partial charge in [-0.05, 0) is 48.5 Å². The van der Waals surface area contributed by atoms with Crippen LogP contribution in [0.5, 0.6) is 5.75 Å². The lowest BCUT2D eigenvalue weighted by Gasteiger charge is -2.25. The second-order valence-corrected chi connectivity index (χ2v) is 7.06. The second-order valence-electron chi connectivity index (χ2n) is 6.18. The summed E-state index contributed by atoms with van der Waals surface area (Å²) in [5, 5.41) is 1.59. The highest BCUT2D eigenvalue weighted by molar-refractivity contribution is 6.31. The zero-order valence-electron chi connectivity index (χ0n) is 14.4. The lowest BCUT2D eigenvalue weighted by Crippen LogP contribution is -2.36. The van der Waals surface area contributed by atoms with Crippen LogP contribution in [0.4, 0.5) is 0 Å². The number of rotatable bonds is 4. The molecule has 0 saturated carbocycles. The molecule has 0 bridgehead atoms. The smallest absolute Gasteiger partial charge is 0.344 e. The van der Waals surface area contributed by atoms with Gasteiger partial charge in [0.2, 0.25) is 5.79 Å². The topological polar surface area (TPSA) is 75.0 Å². The molecule has 2 aromatic carbocycles. The zero-order chi connectivity index (χ0) is 19.7. The summed E-state index contributed by atoms with van der Waals surface area (Å²) < 4.78 is 22.0. The Bertz CT molecular complexity index is 1080. The summed E-state index contributed by atoms with van der Waals surface area (Å²) in [5.41, 5.74) is -0.209. The van der Waals surface area contributed by atoms with Gasteiger partial charge in [-0.15, -0.1) is 0 Å². The van der Waals surface area contributed by atoms with Crippen LogP contribution in [-0.2, 0) is 20.1 Å². The van der Waals surface area contributed by atoms with E-state index < -0.39 is 17.4 Å². The van der Waals surface area contributed by atoms with Crippen molar-refractivity contribution in [3.05, 3.63) is 74.6 Å². The van der Waals surface area contributed by atoms with Gasteiger partial charge < -0.3 is 18.6 Å². The summed E-state index contributed by atoms with van der Waals surface area (Å²) in [4.78, 5) is 25.1. The SMILES string of the molecule is O=C(CC1(c2cc3cc(Cl)ccc3oc2=O)OCCO1)Oc1ccc(Cl)cc1. The fourth-order valence-electron chi connectivity index (χ4n) is 3.03. The molecule has 0 amide bonds. The van der Waals surface area contributed by atoms with Crippen LogP contribution in [0.2, 0.25) is 10.0 Å². The van der Waals surface area contributed by atoms with Crippen LogP contribution in [0.25, 0.3) is 11.0 Å². The third kappa shape index (κ3) is 3.77. The number of hydrogen-bond acceptors (Lipinski definition) is 6. The normalized spacial score (nSPS) is 15.6. The molecule has 1 aliphatic heterocycles. The largest absolute Gasteiger partial charge is 0.426 e. The average Bonchev–Trinajstić information content (AvgIpc) is 3.12. The van der Waals surface area contributed by atoms with Gasteiger partial charge in [0.1, 0.15) is 17.8 Å². The number of ether oxygens (including phenoxy) is 3. The van der Waals surface area contributed by atoms with Gasteiger partial charge >= 0.3 is 11.6 Å². The van der Waals surface area contributed by atoms with Gasteiger partial charge in [0.15, 0.2) is 0 Å². The first-order chi connectivity index (χ1) is 13.4. The van der Waals surface area contributed by atoms with Gasteiger partial charge in [-0.1, -0.05) is 23.2 Å². The molecule has 1 fully saturated rings. The molecule has 4 rings (SSSR count). The van der Waals surface area contributed by atoms with E-state index >= 15 is 0 Å². The number of hydrogen-bond donors (Lipinski definition) is 0. The molecule has 0 radical (unpaired) electrons. The van der Waals surface area contributed by atoms with Crippen LogP contribution in [-0.4, -0.2) is 19.2 Å². The monoisotopic (exact) mass is 420 g/mol. The van der Waals surface area contributed by atoms with Crippen molar-refractivity contribution in [2.75, 3.05) is 13.2 Å². The van der Waals surface area contributed by atoms with Gasteiger partial charge in [-0.25, -0.2) is 4.79 Å². The van der Waals surface area contributed by atoms with E-state index in [1.807, 2.05) is 0 Å². The number of carbonyl (C=O) groups excluding carboxylic acids is 1. The Morgan fingerprint density at radius 2 is 1.68 bits per heavy atom. The van der Waals surface area contributed by atoms with Crippen LogP contribution in [0.1, 0.15) is 12.0 Å². The Kier molecular flexibility index (Phi) is 5.12. The van der Waals surface area contributed by atoms with Crippen LogP contribution in [0, 0.1) is 0 Å². The minimum atomic E-state index is -1.58. The Morgan fingerprint density at radius 1 is 1.00 bits per heavy atom. The molecule has 1 saturated heterocycles. The molecule has 6 nitrogen and oxygen atoms in total. The average molecular weight is 421 g/mol. The van der Waals surface area contributed by atoms with Gasteiger partial charge in [-0.3, -0.25) is 4.79 Å². The fraction of sp³-hybridized carbons (Fsp3) is 0.200. The predicted molar refractivity (Wildman–Crippen MR) is 103 cm³/mol. The van der Waals surface area contributed by atoms with Crippen LogP contribution >= 0.6 is 23.2 Å². The Hall–Kier alpha value is -2.38. The maximum Gasteiger partial charge on any atom is 0.344 e. The number of carbonyl (C=O) groups is 1. The van der Waals surface area contributed by atoms with Crippen molar-refractivity contribution in [3.8, 4) is 5.75 Å². The predicted octanol–water partition coefficient (Wildman–Crippen LogP) is 4.30. The lowest BCUT2D eigenvalue weighted by atomic mass is 10.0. The van der Waals surface area contributed by atoms with E-state index in [0.717, 1.165) is 0 Å². The van der Waals surface area contributed by atoms with Crippen molar-refractivity contribution in [1.29, 1.82) is 0 Å². The number of halogens is 2. The molecular weight excluding hydrogens is 407 g/mol. The van der Waals surface area contributed by atoms with E-state index in [9.17, 15) is 9.59 Å². The highest BCUT2D eigenvalue weighted by Gasteiger charge is 2.44. The molecule has 0 atom stereocenters. The Labute approximate surface area is 169 Å². The summed E-state index contributed by atoms with van der Waals surface area (Å²) in [5.74, 6) is -1.89. The Balaban J connectivity index is 1.67. The van der Waals surface area contributed by atoms with Crippen molar-refractivity contribution in [1.82, 2.24) is 0 Å². The van der Waals surface area contributed by atoms with Crippen molar-refractivity contribution >= 4 is 40.1 Å². The summed E-state index contributed by atoms with van der Waals surface area (Å²) in [6.07, 6.45) is -0.327. The van der Waals surface area contributed by atoms with E-state index in [2.05, 4.69) is 0 Å². The minimum Gasteiger partial charge on any atom is -0.426 e. The van der Waals surface area contributed by atoms with Gasteiger partial charge in [-0.2, -0.15) is 0 Å². The van der Waals surface area contributed by atoms with Crippen molar-refractivity contribution in [2.45, 2.75) is 12.2 Å². The maximum absolute atomic E-state index is 12.6. The Morgan fingerprint density at radius 3 is 2.39 bits per heavy atom. The van der Waals surface area contributed by atoms with Crippen LogP contribution in [0.3, 0.4) is 0 Å². The summed E-state index contributed by atoms with van der Waals surface area (Å²) in [6.45, 7) is 0.447. The first-order valence-electron chi connectivity index (χ1n) is 8.43. The van der Waals surface area contributed by atoms with Crippen molar-refractivity contribution in [2.24, 2.45) is 0 Å². The first-order valence-corrected chi connectivity index (χ1v) is 9.19. The summed E-state index contributed by atoms with van der Waals surface area (Å²) in [6, 6.07) is 12.8. The molecule has 1 aromatic heterocycles. The minimum absolute atomic E-state index is 0.0767. The third-order valence-corrected chi connectivity index (χ3v) is 4.77. The molecule has 0 spiro atoms. The molecule has 0 unspecified atom stereocenters. The highest BCUT2D eigenvalue weighted by Crippen LogP contribution is 2.35. The molecular formula is C20H14Cl2O6. The quantitative estimate of drug-likeness (QED) is 0.355. The summed E-state index contributed by atoms with van der Waals surface area (Å²) >= 11 is 11.9. The first kappa shape index (κ1) is 19.0. The van der Waals surface area contributed by atoms with E-state index in [4.69, 9.17) is 41.8 Å². The molecule has 3 aromatic rings. The van der Waals surface area contributed by atoms with Crippen LogP contribution < -0.4 is 10.4 Å². The van der Waals surface area contributed by atoms with Gasteiger partial charge in [0.25, 0.3) is 0 Å². The van der Waals surface area contributed by atoms with E-state index in [0.29, 0.717) is 26.8 Å². The second kappa shape index (κ2) is 7.56. The molecule has 0 N–H and O–H groups in total. The zero-order valence-corrected chi connectivity index (χ0v) is 16.0. The van der Waals surface area contributed by atoms with E-state index in [1.54, 1.807) is 48.5 Å². The number of esters is 1. The molecule has 1 aliphatic rings. The van der Waals surface area contributed by atoms with Gasteiger partial charge in [0.05, 0.1) is 18.8 Å². The standard InChI is InChI=1S/C20H14Cl2O6/c21-13-1-4-15(5-2-13)27-18(23)11-20(25-7-8-26-20)16-10-12-9-14(22)3-6-17(12)28-19(16)24/h1-6,9-10H,7-8,11H2. The molecule has 144 valence electrons. The van der Waals surface area contributed by atoms with E-state index in [-0.39, 0.29) is 25.2 Å². The maximum atomic E-state index is 12.6. The molecule has 0 aliphatic carbocycles. The third-order valence-electron chi connectivity index (χ3n) is 4.28. The fourth-order valence-corrected chi connectivity index (χ4v) is 3.33. The molecule has 28 heavy (non-hydrogen) atoms. The number of fused-ring (bicyclic) bond motifs is 1. The van der Waals surface area contributed by atoms with Gasteiger partial charge in [0, 0.05) is 15.4 Å².